The van der Waals surface area contributed by atoms with Crippen LogP contribution < -0.4 is 0 Å². The van der Waals surface area contributed by atoms with Gasteiger partial charge in [0, 0.05) is 12.8 Å². The first-order chi connectivity index (χ1) is 34.0. The van der Waals surface area contributed by atoms with Crippen LogP contribution in [0.1, 0.15) is 206 Å². The first-order valence-corrected chi connectivity index (χ1v) is 27.6. The molecule has 70 heavy (non-hydrogen) atoms. The van der Waals surface area contributed by atoms with Gasteiger partial charge in [0.15, 0.2) is 18.7 Å². The number of allylic oxidation sites excluding steroid dienone is 6. The first kappa shape index (κ1) is 63.8. The molecule has 11 atom stereocenters. The zero-order valence-electron chi connectivity index (χ0n) is 43.3. The van der Waals surface area contributed by atoms with Crippen LogP contribution in [0.5, 0.6) is 0 Å². The van der Waals surface area contributed by atoms with Crippen molar-refractivity contribution in [1.29, 1.82) is 0 Å². The number of hydrogen-bond acceptors (Lipinski definition) is 15. The number of carbonyl (C=O) groups excluding carboxylic acids is 2. The molecule has 2 aliphatic heterocycles. The molecule has 0 aromatic rings. The van der Waals surface area contributed by atoms with E-state index < -0.39 is 92.7 Å². The molecule has 0 radical (unpaired) electrons. The van der Waals surface area contributed by atoms with Crippen LogP contribution in [-0.2, 0) is 38.0 Å². The van der Waals surface area contributed by atoms with Gasteiger partial charge in [-0.3, -0.25) is 9.59 Å². The van der Waals surface area contributed by atoms with E-state index in [4.69, 9.17) is 28.4 Å². The lowest BCUT2D eigenvalue weighted by atomic mass is 9.98. The fourth-order valence-electron chi connectivity index (χ4n) is 8.54. The Morgan fingerprint density at radius 1 is 0.457 bits per heavy atom. The quantitative estimate of drug-likeness (QED) is 0.0173. The lowest BCUT2D eigenvalue weighted by Gasteiger charge is -2.42. The second-order valence-electron chi connectivity index (χ2n) is 19.4. The Bertz CT molecular complexity index is 1360. The topological polar surface area (TPSA) is 231 Å². The van der Waals surface area contributed by atoms with Gasteiger partial charge in [0.1, 0.15) is 55.4 Å². The Kier molecular flexibility index (Phi) is 38.4. The van der Waals surface area contributed by atoms with Gasteiger partial charge in [-0.25, -0.2) is 0 Å². The van der Waals surface area contributed by atoms with Crippen molar-refractivity contribution in [3.05, 3.63) is 36.5 Å². The van der Waals surface area contributed by atoms with E-state index in [9.17, 15) is 45.3 Å². The molecule has 7 N–H and O–H groups in total. The SMILES string of the molecule is CCCCC/C=C/C/C=C/CCCCCCCCCCCC(=O)OC[C@@H](CO[C@@H]1O[C@H](CO[C@@H]2O[C@H](CO)[C@H](O)C(O)C2O)[C@H](O)C(O)C1O)OC(=O)CCCCCCC/C=C/CCCCCCCC. The molecule has 2 heterocycles. The minimum absolute atomic E-state index is 0.155. The normalized spacial score (nSPS) is 25.6. The highest BCUT2D eigenvalue weighted by Gasteiger charge is 2.47. The molecular formula is C55H98O15. The summed E-state index contributed by atoms with van der Waals surface area (Å²) in [5.74, 6) is -0.935. The van der Waals surface area contributed by atoms with Gasteiger partial charge in [0.25, 0.3) is 0 Å². The van der Waals surface area contributed by atoms with E-state index in [1.165, 1.54) is 96.3 Å². The average Bonchev–Trinajstić information content (AvgIpc) is 3.35. The van der Waals surface area contributed by atoms with Gasteiger partial charge in [0.2, 0.25) is 0 Å². The predicted molar refractivity (Wildman–Crippen MR) is 270 cm³/mol. The van der Waals surface area contributed by atoms with Crippen molar-refractivity contribution < 1.29 is 73.8 Å². The molecule has 0 amide bonds. The molecule has 2 aliphatic rings. The third kappa shape index (κ3) is 29.4. The molecule has 15 heteroatoms. The Morgan fingerprint density at radius 3 is 1.37 bits per heavy atom. The molecule has 408 valence electrons. The second-order valence-corrected chi connectivity index (χ2v) is 19.4. The summed E-state index contributed by atoms with van der Waals surface area (Å²) in [6, 6.07) is 0. The van der Waals surface area contributed by atoms with Crippen LogP contribution in [0.15, 0.2) is 36.5 Å². The maximum absolute atomic E-state index is 13.0. The van der Waals surface area contributed by atoms with Crippen LogP contribution in [0.3, 0.4) is 0 Å². The van der Waals surface area contributed by atoms with Crippen LogP contribution in [-0.4, -0.2) is 142 Å². The zero-order valence-corrected chi connectivity index (χ0v) is 43.3. The lowest BCUT2D eigenvalue weighted by Crippen LogP contribution is -2.61. The number of hydrogen-bond donors (Lipinski definition) is 7. The average molecular weight is 999 g/mol. The highest BCUT2D eigenvalue weighted by molar-refractivity contribution is 5.70. The van der Waals surface area contributed by atoms with Gasteiger partial charge in [-0.05, 0) is 70.6 Å². The van der Waals surface area contributed by atoms with E-state index >= 15 is 0 Å². The molecule has 0 aromatic heterocycles. The number of unbranched alkanes of at least 4 members (excludes halogenated alkanes) is 23. The van der Waals surface area contributed by atoms with Gasteiger partial charge < -0.3 is 64.2 Å². The molecule has 0 aliphatic carbocycles. The largest absolute Gasteiger partial charge is 0.462 e. The van der Waals surface area contributed by atoms with Crippen LogP contribution in [0.25, 0.3) is 0 Å². The molecule has 2 fully saturated rings. The molecule has 0 bridgehead atoms. The van der Waals surface area contributed by atoms with Crippen LogP contribution in [0, 0.1) is 0 Å². The number of carbonyl (C=O) groups is 2. The van der Waals surface area contributed by atoms with Gasteiger partial charge in [-0.1, -0.05) is 159 Å². The standard InChI is InChI=1S/C55H98O15/c1-3-5-7-9-11-13-15-17-19-20-21-22-24-25-27-29-31-33-35-37-46(57)65-40-43(68-47(58)38-36-34-32-30-28-26-23-18-16-14-12-10-8-6-4-2)41-66-54-53(64)51(62)49(60)45(70-54)42-67-55-52(63)50(61)48(59)44(39-56)69-55/h11,13,17-19,23,43-45,48-56,59-64H,3-10,12,14-16,20-22,24-42H2,1-2H3/b13-11+,19-17+,23-18+/t43-,44+,45+,48-,49-,50?,51?,52?,53?,54+,55+/m0/s1. The number of aliphatic hydroxyl groups excluding tert-OH is 7. The summed E-state index contributed by atoms with van der Waals surface area (Å²) in [7, 11) is 0. The van der Waals surface area contributed by atoms with Crippen molar-refractivity contribution in [2.45, 2.75) is 274 Å². The van der Waals surface area contributed by atoms with Crippen molar-refractivity contribution in [2.75, 3.05) is 26.4 Å². The molecule has 0 saturated carbocycles. The van der Waals surface area contributed by atoms with E-state index in [0.29, 0.717) is 12.8 Å². The third-order valence-corrected chi connectivity index (χ3v) is 13.1. The highest BCUT2D eigenvalue weighted by Crippen LogP contribution is 2.26. The second kappa shape index (κ2) is 42.1. The Labute approximate surface area is 421 Å². The number of esters is 2. The Morgan fingerprint density at radius 2 is 0.857 bits per heavy atom. The Balaban J connectivity index is 1.78. The van der Waals surface area contributed by atoms with Crippen LogP contribution in [0.2, 0.25) is 0 Å². The summed E-state index contributed by atoms with van der Waals surface area (Å²) in [5.41, 5.74) is 0. The zero-order chi connectivity index (χ0) is 51.0. The highest BCUT2D eigenvalue weighted by atomic mass is 16.7. The number of aliphatic hydroxyl groups is 7. The van der Waals surface area contributed by atoms with Crippen LogP contribution in [0.4, 0.5) is 0 Å². The first-order valence-electron chi connectivity index (χ1n) is 27.6. The van der Waals surface area contributed by atoms with Gasteiger partial charge in [0.05, 0.1) is 19.8 Å². The van der Waals surface area contributed by atoms with E-state index in [-0.39, 0.29) is 26.1 Å². The van der Waals surface area contributed by atoms with E-state index in [1.54, 1.807) is 0 Å². The maximum atomic E-state index is 13.0. The fourth-order valence-corrected chi connectivity index (χ4v) is 8.54. The molecule has 0 spiro atoms. The number of rotatable bonds is 43. The summed E-state index contributed by atoms with van der Waals surface area (Å²) < 4.78 is 33.6. The van der Waals surface area contributed by atoms with Crippen molar-refractivity contribution in [3.63, 3.8) is 0 Å². The van der Waals surface area contributed by atoms with Crippen molar-refractivity contribution in [3.8, 4) is 0 Å². The molecular weight excluding hydrogens is 901 g/mol. The van der Waals surface area contributed by atoms with Crippen LogP contribution >= 0.6 is 0 Å². The molecule has 2 rings (SSSR count). The van der Waals surface area contributed by atoms with Gasteiger partial charge >= 0.3 is 11.9 Å². The lowest BCUT2D eigenvalue weighted by molar-refractivity contribution is -0.332. The van der Waals surface area contributed by atoms with E-state index in [2.05, 4.69) is 50.3 Å². The van der Waals surface area contributed by atoms with Crippen molar-refractivity contribution in [2.24, 2.45) is 0 Å². The van der Waals surface area contributed by atoms with E-state index in [1.807, 2.05) is 0 Å². The minimum atomic E-state index is -1.77. The minimum Gasteiger partial charge on any atom is -0.462 e. The summed E-state index contributed by atoms with van der Waals surface area (Å²) in [5, 5.41) is 72.2. The summed E-state index contributed by atoms with van der Waals surface area (Å²) >= 11 is 0. The van der Waals surface area contributed by atoms with Crippen molar-refractivity contribution >= 4 is 11.9 Å². The fraction of sp³-hybridized carbons (Fsp3) is 0.855. The smallest absolute Gasteiger partial charge is 0.306 e. The molecule has 4 unspecified atom stereocenters. The molecule has 0 aromatic carbocycles. The van der Waals surface area contributed by atoms with Crippen molar-refractivity contribution in [1.82, 2.24) is 0 Å². The maximum Gasteiger partial charge on any atom is 0.306 e. The predicted octanol–water partition coefficient (Wildman–Crippen LogP) is 8.49. The summed E-state index contributed by atoms with van der Waals surface area (Å²) in [6.07, 6.45) is 28.8. The summed E-state index contributed by atoms with van der Waals surface area (Å²) in [4.78, 5) is 25.8. The summed E-state index contributed by atoms with van der Waals surface area (Å²) in [6.45, 7) is 2.56. The monoisotopic (exact) mass is 999 g/mol. The third-order valence-electron chi connectivity index (χ3n) is 13.1. The van der Waals surface area contributed by atoms with Gasteiger partial charge in [-0.15, -0.1) is 0 Å². The van der Waals surface area contributed by atoms with Gasteiger partial charge in [-0.2, -0.15) is 0 Å². The number of ether oxygens (including phenoxy) is 6. The molecule has 15 nitrogen and oxygen atoms in total. The van der Waals surface area contributed by atoms with E-state index in [0.717, 1.165) is 70.6 Å². The molecule has 2 saturated heterocycles. The Hall–Kier alpha value is -2.28.